The Morgan fingerprint density at radius 3 is 2.73 bits per heavy atom. The molecule has 1 aromatic carbocycles. The molecule has 1 atom stereocenters. The number of halogens is 1. The quantitative estimate of drug-likeness (QED) is 0.787. The fourth-order valence-electron chi connectivity index (χ4n) is 4.29. The average molecular weight is 412 g/mol. The molecule has 2 aliphatic rings. The van der Waals surface area contributed by atoms with Crippen molar-refractivity contribution >= 4 is 23.5 Å². The Morgan fingerprint density at radius 1 is 1.27 bits per heavy atom. The number of hydrogen-bond acceptors (Lipinski definition) is 4. The monoisotopic (exact) mass is 412 g/mol. The lowest BCUT2D eigenvalue weighted by Gasteiger charge is -2.46. The maximum atomic E-state index is 14.6. The standard InChI is InChI=1S/C22H25FN4O3/c1-22(2,3)18-12-26(6-7-27(18)21(29)30)15-9-13(8-14(23)10-15)16-4-5-24-20-17(16)11-19(28)25-20/h4-5,8-10,18H,6-7,11-12H2,1-3H3,(H,29,30)(H,24,25,28). The molecule has 158 valence electrons. The van der Waals surface area contributed by atoms with Gasteiger partial charge in [0.1, 0.15) is 11.6 Å². The Kier molecular flexibility index (Phi) is 4.88. The van der Waals surface area contributed by atoms with E-state index in [0.29, 0.717) is 36.7 Å². The first kappa shape index (κ1) is 20.1. The third-order valence-corrected chi connectivity index (χ3v) is 5.84. The molecule has 1 saturated heterocycles. The number of rotatable bonds is 2. The van der Waals surface area contributed by atoms with Crippen LogP contribution in [0.2, 0.25) is 0 Å². The van der Waals surface area contributed by atoms with Gasteiger partial charge in [0.05, 0.1) is 12.5 Å². The molecular formula is C22H25FN4O3. The summed E-state index contributed by atoms with van der Waals surface area (Å²) in [6.07, 6.45) is 0.887. The second kappa shape index (κ2) is 7.27. The van der Waals surface area contributed by atoms with Crippen LogP contribution in [0.1, 0.15) is 26.3 Å². The van der Waals surface area contributed by atoms with Gasteiger partial charge in [-0.1, -0.05) is 20.8 Å². The highest BCUT2D eigenvalue weighted by molar-refractivity contribution is 6.00. The molecule has 0 spiro atoms. The van der Waals surface area contributed by atoms with Crippen molar-refractivity contribution in [2.45, 2.75) is 33.2 Å². The number of amides is 2. The minimum Gasteiger partial charge on any atom is -0.465 e. The zero-order valence-corrected chi connectivity index (χ0v) is 17.3. The van der Waals surface area contributed by atoms with Gasteiger partial charge in [0.2, 0.25) is 5.91 Å². The molecule has 3 heterocycles. The second-order valence-corrected chi connectivity index (χ2v) is 8.91. The van der Waals surface area contributed by atoms with Gasteiger partial charge < -0.3 is 20.2 Å². The topological polar surface area (TPSA) is 85.8 Å². The van der Waals surface area contributed by atoms with Crippen LogP contribution in [0.25, 0.3) is 11.1 Å². The molecule has 1 fully saturated rings. The molecule has 0 bridgehead atoms. The first-order valence-corrected chi connectivity index (χ1v) is 9.96. The maximum absolute atomic E-state index is 14.6. The summed E-state index contributed by atoms with van der Waals surface area (Å²) in [4.78, 5) is 31.2. The van der Waals surface area contributed by atoms with Gasteiger partial charge in [-0.3, -0.25) is 4.79 Å². The number of benzene rings is 1. The summed E-state index contributed by atoms with van der Waals surface area (Å²) in [6, 6.07) is 6.40. The predicted octanol–water partition coefficient (Wildman–Crippen LogP) is 3.60. The number of carbonyl (C=O) groups excluding carboxylic acids is 1. The minimum absolute atomic E-state index is 0.126. The molecule has 1 unspecified atom stereocenters. The van der Waals surface area contributed by atoms with E-state index < -0.39 is 6.09 Å². The Hall–Kier alpha value is -3.16. The van der Waals surface area contributed by atoms with Crippen LogP contribution < -0.4 is 10.2 Å². The van der Waals surface area contributed by atoms with Gasteiger partial charge >= 0.3 is 6.09 Å². The third kappa shape index (κ3) is 3.69. The van der Waals surface area contributed by atoms with Crippen molar-refractivity contribution in [3.63, 3.8) is 0 Å². The van der Waals surface area contributed by atoms with Crippen molar-refractivity contribution in [1.82, 2.24) is 9.88 Å². The molecule has 2 amide bonds. The van der Waals surface area contributed by atoms with Gasteiger partial charge in [0.25, 0.3) is 0 Å². The number of hydrogen-bond donors (Lipinski definition) is 2. The number of fused-ring (bicyclic) bond motifs is 1. The van der Waals surface area contributed by atoms with Crippen molar-refractivity contribution in [3.8, 4) is 11.1 Å². The number of carboxylic acid groups (broad SMARTS) is 1. The molecule has 0 saturated carbocycles. The average Bonchev–Trinajstić information content (AvgIpc) is 3.06. The van der Waals surface area contributed by atoms with E-state index in [2.05, 4.69) is 10.3 Å². The van der Waals surface area contributed by atoms with E-state index in [0.717, 1.165) is 11.1 Å². The molecule has 2 aliphatic heterocycles. The molecular weight excluding hydrogens is 387 g/mol. The minimum atomic E-state index is -0.931. The van der Waals surface area contributed by atoms with E-state index in [1.165, 1.54) is 17.0 Å². The Morgan fingerprint density at radius 2 is 2.03 bits per heavy atom. The summed E-state index contributed by atoms with van der Waals surface area (Å²) < 4.78 is 14.6. The molecule has 2 aromatic rings. The predicted molar refractivity (Wildman–Crippen MR) is 112 cm³/mol. The molecule has 4 rings (SSSR count). The highest BCUT2D eigenvalue weighted by atomic mass is 19.1. The Labute approximate surface area is 174 Å². The highest BCUT2D eigenvalue weighted by Crippen LogP contribution is 2.36. The SMILES string of the molecule is CC(C)(C)C1CN(c2cc(F)cc(-c3ccnc4c3CC(=O)N4)c2)CCN1C(=O)O. The van der Waals surface area contributed by atoms with Crippen molar-refractivity contribution < 1.29 is 19.1 Å². The van der Waals surface area contributed by atoms with Crippen LogP contribution >= 0.6 is 0 Å². The fourth-order valence-corrected chi connectivity index (χ4v) is 4.29. The molecule has 1 aromatic heterocycles. The lowest BCUT2D eigenvalue weighted by molar-refractivity contribution is -0.115. The maximum Gasteiger partial charge on any atom is 0.407 e. The number of anilines is 2. The second-order valence-electron chi connectivity index (χ2n) is 8.91. The van der Waals surface area contributed by atoms with Gasteiger partial charge in [-0.25, -0.2) is 14.2 Å². The lowest BCUT2D eigenvalue weighted by Crippen LogP contribution is -2.59. The van der Waals surface area contributed by atoms with E-state index in [1.54, 1.807) is 12.3 Å². The van der Waals surface area contributed by atoms with Crippen molar-refractivity contribution in [3.05, 3.63) is 41.8 Å². The van der Waals surface area contributed by atoms with Gasteiger partial charge in [-0.15, -0.1) is 0 Å². The van der Waals surface area contributed by atoms with Gasteiger partial charge in [-0.2, -0.15) is 0 Å². The first-order valence-electron chi connectivity index (χ1n) is 9.96. The fraction of sp³-hybridized carbons (Fsp3) is 0.409. The van der Waals surface area contributed by atoms with E-state index in [-0.39, 0.29) is 29.6 Å². The normalized spacial score (nSPS) is 18.9. The Bertz CT molecular complexity index is 1020. The van der Waals surface area contributed by atoms with Crippen molar-refractivity contribution in [2.24, 2.45) is 5.41 Å². The zero-order chi connectivity index (χ0) is 21.6. The van der Waals surface area contributed by atoms with Crippen LogP contribution in [0.15, 0.2) is 30.5 Å². The lowest BCUT2D eigenvalue weighted by atomic mass is 9.84. The van der Waals surface area contributed by atoms with Crippen LogP contribution in [-0.4, -0.2) is 52.7 Å². The van der Waals surface area contributed by atoms with Crippen molar-refractivity contribution in [1.29, 1.82) is 0 Å². The van der Waals surface area contributed by atoms with Crippen molar-refractivity contribution in [2.75, 3.05) is 29.9 Å². The summed E-state index contributed by atoms with van der Waals surface area (Å²) in [6.45, 7) is 7.35. The summed E-state index contributed by atoms with van der Waals surface area (Å²) in [5.74, 6) is 0.0175. The number of pyridine rings is 1. The van der Waals surface area contributed by atoms with Crippen LogP contribution in [-0.2, 0) is 11.2 Å². The highest BCUT2D eigenvalue weighted by Gasteiger charge is 2.38. The molecule has 0 radical (unpaired) electrons. The van der Waals surface area contributed by atoms with E-state index in [4.69, 9.17) is 0 Å². The molecule has 8 heteroatoms. The number of aromatic nitrogens is 1. The largest absolute Gasteiger partial charge is 0.465 e. The van der Waals surface area contributed by atoms with Gasteiger partial charge in [0.15, 0.2) is 0 Å². The van der Waals surface area contributed by atoms with E-state index >= 15 is 0 Å². The molecule has 2 N–H and O–H groups in total. The van der Waals surface area contributed by atoms with Crippen LogP contribution in [0.4, 0.5) is 20.7 Å². The van der Waals surface area contributed by atoms with Gasteiger partial charge in [-0.05, 0) is 40.8 Å². The van der Waals surface area contributed by atoms with Crippen LogP contribution in [0.5, 0.6) is 0 Å². The van der Waals surface area contributed by atoms with E-state index in [1.807, 2.05) is 31.7 Å². The molecule has 0 aliphatic carbocycles. The molecule has 7 nitrogen and oxygen atoms in total. The summed E-state index contributed by atoms with van der Waals surface area (Å²) in [7, 11) is 0. The zero-order valence-electron chi connectivity index (χ0n) is 17.3. The number of nitrogens with one attached hydrogen (secondary N) is 1. The number of nitrogens with zero attached hydrogens (tertiary/aromatic N) is 3. The summed E-state index contributed by atoms with van der Waals surface area (Å²) in [5.41, 5.74) is 2.66. The van der Waals surface area contributed by atoms with Crippen LogP contribution in [0.3, 0.4) is 0 Å². The number of carbonyl (C=O) groups is 2. The summed E-state index contributed by atoms with van der Waals surface area (Å²) in [5, 5.41) is 12.3. The first-order chi connectivity index (χ1) is 14.1. The summed E-state index contributed by atoms with van der Waals surface area (Å²) >= 11 is 0. The Balaban J connectivity index is 1.69. The third-order valence-electron chi connectivity index (χ3n) is 5.84. The number of piperazine rings is 1. The smallest absolute Gasteiger partial charge is 0.407 e. The van der Waals surface area contributed by atoms with Gasteiger partial charge in [0, 0.05) is 37.1 Å². The van der Waals surface area contributed by atoms with E-state index in [9.17, 15) is 19.1 Å². The molecule has 30 heavy (non-hydrogen) atoms. The van der Waals surface area contributed by atoms with Crippen LogP contribution in [0, 0.1) is 11.2 Å².